The fraction of sp³-hybridized carbons (Fsp3) is 0.706. The van der Waals surface area contributed by atoms with Crippen molar-refractivity contribution < 1.29 is 0 Å². The lowest BCUT2D eigenvalue weighted by Gasteiger charge is -2.37. The highest BCUT2D eigenvalue weighted by atomic mass is 32.1. The minimum absolute atomic E-state index is 0.158. The van der Waals surface area contributed by atoms with Gasteiger partial charge in [-0.05, 0) is 42.6 Å². The van der Waals surface area contributed by atoms with Crippen LogP contribution in [0.25, 0.3) is 0 Å². The van der Waals surface area contributed by atoms with E-state index >= 15 is 0 Å². The van der Waals surface area contributed by atoms with Crippen LogP contribution in [0.4, 0.5) is 5.00 Å². The van der Waals surface area contributed by atoms with Crippen molar-refractivity contribution in [2.24, 2.45) is 5.92 Å². The van der Waals surface area contributed by atoms with Crippen LogP contribution >= 0.6 is 11.3 Å². The molecule has 0 bridgehead atoms. The highest BCUT2D eigenvalue weighted by Gasteiger charge is 2.40. The Morgan fingerprint density at radius 2 is 2.00 bits per heavy atom. The number of nitriles is 1. The van der Waals surface area contributed by atoms with Gasteiger partial charge < -0.3 is 5.73 Å². The van der Waals surface area contributed by atoms with Crippen molar-refractivity contribution in [2.75, 3.05) is 5.73 Å². The van der Waals surface area contributed by atoms with Crippen LogP contribution in [0.1, 0.15) is 76.3 Å². The van der Waals surface area contributed by atoms with Gasteiger partial charge in [0, 0.05) is 4.88 Å². The largest absolute Gasteiger partial charge is 0.389 e. The first kappa shape index (κ1) is 17.0. The first-order valence-electron chi connectivity index (χ1n) is 7.88. The summed E-state index contributed by atoms with van der Waals surface area (Å²) in [5.74, 6) is 0.556. The lowest BCUT2D eigenvalue weighted by atomic mass is 9.66. The average Bonchev–Trinajstić information content (AvgIpc) is 2.66. The van der Waals surface area contributed by atoms with Crippen LogP contribution in [0.2, 0.25) is 0 Å². The smallest absolute Gasteiger partial charge is 0.104 e. The molecule has 2 rings (SSSR count). The van der Waals surface area contributed by atoms with E-state index < -0.39 is 0 Å². The summed E-state index contributed by atoms with van der Waals surface area (Å²) in [5.41, 5.74) is 8.28. The number of thiophene rings is 1. The van der Waals surface area contributed by atoms with Crippen LogP contribution in [-0.2, 0) is 11.8 Å². The molecule has 1 atom stereocenters. The van der Waals surface area contributed by atoms with Gasteiger partial charge in [0.25, 0.3) is 0 Å². The standard InChI is InChI=1S/C15H22N2S.C2H6/c1-4-15(10(2)3)8-6-5-7-12-13(15)11(9-16)14(17)18-12;1-2/h10H,4-8,17H2,1-3H3;1-2H3. The molecule has 3 heteroatoms. The van der Waals surface area contributed by atoms with Crippen molar-refractivity contribution in [1.29, 1.82) is 5.26 Å². The van der Waals surface area contributed by atoms with E-state index in [0.717, 1.165) is 23.4 Å². The number of fused-ring (bicyclic) bond motifs is 1. The number of nitrogens with zero attached hydrogens (tertiary/aromatic N) is 1. The molecule has 20 heavy (non-hydrogen) atoms. The van der Waals surface area contributed by atoms with Crippen LogP contribution in [-0.4, -0.2) is 0 Å². The summed E-state index contributed by atoms with van der Waals surface area (Å²) in [6, 6.07) is 2.36. The number of aryl methyl sites for hydroxylation is 1. The van der Waals surface area contributed by atoms with Crippen LogP contribution < -0.4 is 5.73 Å². The highest BCUT2D eigenvalue weighted by molar-refractivity contribution is 7.16. The molecule has 0 spiro atoms. The maximum Gasteiger partial charge on any atom is 0.104 e. The van der Waals surface area contributed by atoms with Crippen LogP contribution in [0, 0.1) is 17.2 Å². The lowest BCUT2D eigenvalue weighted by molar-refractivity contribution is 0.270. The Morgan fingerprint density at radius 3 is 2.50 bits per heavy atom. The van der Waals surface area contributed by atoms with Gasteiger partial charge in [0.2, 0.25) is 0 Å². The number of nitrogens with two attached hydrogens (primary N) is 1. The molecule has 1 unspecified atom stereocenters. The second-order valence-electron chi connectivity index (χ2n) is 5.62. The van der Waals surface area contributed by atoms with E-state index in [-0.39, 0.29) is 5.41 Å². The predicted octanol–water partition coefficient (Wildman–Crippen LogP) is 5.26. The van der Waals surface area contributed by atoms with Crippen molar-refractivity contribution in [3.8, 4) is 6.07 Å². The summed E-state index contributed by atoms with van der Waals surface area (Å²) in [6.45, 7) is 10.8. The molecule has 0 fully saturated rings. The van der Waals surface area contributed by atoms with Crippen LogP contribution in [0.5, 0.6) is 0 Å². The molecule has 1 aliphatic rings. The summed E-state index contributed by atoms with van der Waals surface area (Å²) in [7, 11) is 0. The molecule has 1 aliphatic carbocycles. The zero-order chi connectivity index (χ0) is 15.3. The molecule has 0 saturated heterocycles. The Bertz CT molecular complexity index is 482. The monoisotopic (exact) mass is 292 g/mol. The molecule has 0 saturated carbocycles. The Hall–Kier alpha value is -1.01. The van der Waals surface area contributed by atoms with Crippen molar-refractivity contribution in [3.05, 3.63) is 16.0 Å². The average molecular weight is 292 g/mol. The van der Waals surface area contributed by atoms with Gasteiger partial charge in [-0.15, -0.1) is 11.3 Å². The van der Waals surface area contributed by atoms with E-state index in [2.05, 4.69) is 26.8 Å². The van der Waals surface area contributed by atoms with Gasteiger partial charge in [-0.25, -0.2) is 0 Å². The summed E-state index contributed by atoms with van der Waals surface area (Å²) in [6.07, 6.45) is 5.88. The molecular formula is C17H28N2S. The van der Waals surface area contributed by atoms with Gasteiger partial charge in [-0.3, -0.25) is 0 Å². The van der Waals surface area contributed by atoms with Gasteiger partial charge in [0.15, 0.2) is 0 Å². The summed E-state index contributed by atoms with van der Waals surface area (Å²) >= 11 is 1.65. The fourth-order valence-corrected chi connectivity index (χ4v) is 4.67. The summed E-state index contributed by atoms with van der Waals surface area (Å²) < 4.78 is 0. The first-order chi connectivity index (χ1) is 9.56. The summed E-state index contributed by atoms with van der Waals surface area (Å²) in [4.78, 5) is 1.37. The third kappa shape index (κ3) is 2.72. The van der Waals surface area contributed by atoms with Crippen molar-refractivity contribution in [1.82, 2.24) is 0 Å². The number of rotatable bonds is 2. The number of nitrogen functional groups attached to an aromatic ring is 1. The molecule has 2 N–H and O–H groups in total. The Morgan fingerprint density at radius 1 is 1.35 bits per heavy atom. The van der Waals surface area contributed by atoms with Gasteiger partial charge in [-0.2, -0.15) is 5.26 Å². The first-order valence-corrected chi connectivity index (χ1v) is 8.70. The molecule has 0 amide bonds. The van der Waals surface area contributed by atoms with Crippen molar-refractivity contribution >= 4 is 16.3 Å². The van der Waals surface area contributed by atoms with E-state index in [9.17, 15) is 5.26 Å². The maximum atomic E-state index is 9.44. The van der Waals surface area contributed by atoms with Crippen molar-refractivity contribution in [3.63, 3.8) is 0 Å². The fourth-order valence-electron chi connectivity index (χ4n) is 3.50. The van der Waals surface area contributed by atoms with Crippen molar-refractivity contribution in [2.45, 2.75) is 72.1 Å². The Balaban J connectivity index is 0.000000956. The van der Waals surface area contributed by atoms with Crippen LogP contribution in [0.15, 0.2) is 0 Å². The van der Waals surface area contributed by atoms with E-state index in [1.807, 2.05) is 13.8 Å². The number of hydrogen-bond donors (Lipinski definition) is 1. The van der Waals surface area contributed by atoms with E-state index in [1.165, 1.54) is 29.7 Å². The SMILES string of the molecule is CC.CCC1(C(C)C)CCCCc2sc(N)c(C#N)c21. The van der Waals surface area contributed by atoms with E-state index in [1.54, 1.807) is 11.3 Å². The number of anilines is 1. The minimum Gasteiger partial charge on any atom is -0.389 e. The quantitative estimate of drug-likeness (QED) is 0.756. The molecule has 0 aliphatic heterocycles. The van der Waals surface area contributed by atoms with Gasteiger partial charge in [-0.1, -0.05) is 41.0 Å². The third-order valence-electron chi connectivity index (χ3n) is 4.63. The maximum absolute atomic E-state index is 9.44. The van der Waals surface area contributed by atoms with E-state index in [0.29, 0.717) is 5.92 Å². The van der Waals surface area contributed by atoms with Crippen LogP contribution in [0.3, 0.4) is 0 Å². The Kier molecular flexibility index (Phi) is 6.07. The number of hydrogen-bond acceptors (Lipinski definition) is 3. The third-order valence-corrected chi connectivity index (χ3v) is 5.71. The second-order valence-corrected chi connectivity index (χ2v) is 6.76. The molecule has 2 nitrogen and oxygen atoms in total. The van der Waals surface area contributed by atoms with Gasteiger partial charge >= 0.3 is 0 Å². The zero-order valence-electron chi connectivity index (χ0n) is 13.5. The normalized spacial score (nSPS) is 21.4. The predicted molar refractivity (Wildman–Crippen MR) is 89.2 cm³/mol. The molecule has 0 aromatic carbocycles. The minimum atomic E-state index is 0.158. The lowest BCUT2D eigenvalue weighted by Crippen LogP contribution is -2.32. The van der Waals surface area contributed by atoms with E-state index in [4.69, 9.17) is 5.73 Å². The highest BCUT2D eigenvalue weighted by Crippen LogP contribution is 2.49. The van der Waals surface area contributed by atoms with Gasteiger partial charge in [0.05, 0.1) is 5.56 Å². The molecule has 1 aromatic rings. The summed E-state index contributed by atoms with van der Waals surface area (Å²) in [5, 5.41) is 10.2. The second kappa shape index (κ2) is 7.13. The molecular weight excluding hydrogens is 264 g/mol. The molecule has 0 radical (unpaired) electrons. The zero-order valence-corrected chi connectivity index (χ0v) is 14.4. The molecule has 1 heterocycles. The Labute approximate surface area is 128 Å². The van der Waals surface area contributed by atoms with Gasteiger partial charge in [0.1, 0.15) is 11.1 Å². The molecule has 1 aromatic heterocycles. The topological polar surface area (TPSA) is 49.8 Å². The molecule has 112 valence electrons.